The van der Waals surface area contributed by atoms with E-state index >= 15 is 0 Å². The first-order chi connectivity index (χ1) is 9.38. The Bertz CT molecular complexity index is 734. The molecule has 0 radical (unpaired) electrons. The van der Waals surface area contributed by atoms with Crippen molar-refractivity contribution in [3.05, 3.63) is 47.8 Å². The van der Waals surface area contributed by atoms with Crippen molar-refractivity contribution in [1.82, 2.24) is 14.7 Å². The Hall–Kier alpha value is -2.06. The summed E-state index contributed by atoms with van der Waals surface area (Å²) in [7, 11) is -3.90. The summed E-state index contributed by atoms with van der Waals surface area (Å²) in [5, 5.41) is 0. The summed E-state index contributed by atoms with van der Waals surface area (Å²) >= 11 is 0. The summed E-state index contributed by atoms with van der Waals surface area (Å²) in [6.07, 6.45) is 1.53. The molecule has 0 saturated heterocycles. The summed E-state index contributed by atoms with van der Waals surface area (Å²) in [6, 6.07) is 4.77. The number of nitrogens with two attached hydrogens (primary N) is 1. The van der Waals surface area contributed by atoms with Crippen LogP contribution in [0.1, 0.15) is 11.5 Å². The molecule has 2 aromatic rings. The third-order valence-corrected chi connectivity index (χ3v) is 4.00. The van der Waals surface area contributed by atoms with Crippen molar-refractivity contribution in [2.45, 2.75) is 18.4 Å². The van der Waals surface area contributed by atoms with E-state index in [1.807, 2.05) is 0 Å². The molecule has 1 aromatic carbocycles. The van der Waals surface area contributed by atoms with Gasteiger partial charge >= 0.3 is 0 Å². The average Bonchev–Trinajstić information content (AvgIpc) is 2.39. The molecule has 0 spiro atoms. The number of sulfonamides is 1. The Morgan fingerprint density at radius 2 is 2.10 bits per heavy atom. The van der Waals surface area contributed by atoms with Crippen LogP contribution in [0.4, 0.5) is 10.1 Å². The Kier molecular flexibility index (Phi) is 3.96. The molecule has 0 aliphatic rings. The minimum atomic E-state index is -3.90. The van der Waals surface area contributed by atoms with Crippen LogP contribution in [0.3, 0.4) is 0 Å². The number of hydrogen-bond donors (Lipinski definition) is 2. The van der Waals surface area contributed by atoms with Crippen LogP contribution in [0.5, 0.6) is 0 Å². The zero-order chi connectivity index (χ0) is 14.8. The summed E-state index contributed by atoms with van der Waals surface area (Å²) in [6.45, 7) is 1.67. The molecule has 20 heavy (non-hydrogen) atoms. The van der Waals surface area contributed by atoms with Gasteiger partial charge in [0.15, 0.2) is 0 Å². The second-order valence-corrected chi connectivity index (χ2v) is 5.84. The lowest BCUT2D eigenvalue weighted by Gasteiger charge is -2.09. The van der Waals surface area contributed by atoms with Gasteiger partial charge in [0.1, 0.15) is 16.5 Å². The van der Waals surface area contributed by atoms with Gasteiger partial charge in [-0.2, -0.15) is 0 Å². The Labute approximate surface area is 115 Å². The molecule has 6 nitrogen and oxygen atoms in total. The van der Waals surface area contributed by atoms with E-state index in [-0.39, 0.29) is 17.1 Å². The summed E-state index contributed by atoms with van der Waals surface area (Å²) in [5.74, 6) is -0.135. The van der Waals surface area contributed by atoms with Crippen molar-refractivity contribution in [2.75, 3.05) is 5.73 Å². The van der Waals surface area contributed by atoms with Crippen LogP contribution in [0.2, 0.25) is 0 Å². The number of halogens is 1. The Balaban J connectivity index is 2.21. The Morgan fingerprint density at radius 3 is 2.80 bits per heavy atom. The predicted octanol–water partition coefficient (Wildman–Crippen LogP) is 0.985. The van der Waals surface area contributed by atoms with E-state index in [9.17, 15) is 12.8 Å². The molecule has 0 fully saturated rings. The maximum atomic E-state index is 13.1. The number of hydrogen-bond acceptors (Lipinski definition) is 5. The van der Waals surface area contributed by atoms with E-state index < -0.39 is 15.8 Å². The molecular weight excluding hydrogens is 283 g/mol. The highest BCUT2D eigenvalue weighted by Crippen LogP contribution is 2.19. The largest absolute Gasteiger partial charge is 0.398 e. The number of nitrogen functional groups attached to an aromatic ring is 1. The van der Waals surface area contributed by atoms with Gasteiger partial charge in [-0.15, -0.1) is 0 Å². The average molecular weight is 296 g/mol. The lowest BCUT2D eigenvalue weighted by Crippen LogP contribution is -2.25. The second kappa shape index (κ2) is 5.51. The standard InChI is InChI=1S/C12H13FN4O2S/c1-8-15-5-4-10(17-8)7-16-20(18,19)12-6-9(13)2-3-11(12)14/h2-6,16H,7,14H2,1H3. The van der Waals surface area contributed by atoms with Crippen LogP contribution < -0.4 is 10.5 Å². The van der Waals surface area contributed by atoms with Gasteiger partial charge in [0.25, 0.3) is 0 Å². The third kappa shape index (κ3) is 3.28. The van der Waals surface area contributed by atoms with E-state index in [1.165, 1.54) is 12.3 Å². The van der Waals surface area contributed by atoms with Crippen molar-refractivity contribution < 1.29 is 12.8 Å². The normalized spacial score (nSPS) is 11.5. The van der Waals surface area contributed by atoms with Gasteiger partial charge in [0, 0.05) is 6.20 Å². The number of benzene rings is 1. The van der Waals surface area contributed by atoms with Gasteiger partial charge in [0.2, 0.25) is 10.0 Å². The lowest BCUT2D eigenvalue weighted by atomic mass is 10.3. The van der Waals surface area contributed by atoms with E-state index in [2.05, 4.69) is 14.7 Å². The molecule has 0 unspecified atom stereocenters. The van der Waals surface area contributed by atoms with Crippen LogP contribution >= 0.6 is 0 Å². The molecule has 0 saturated carbocycles. The molecule has 8 heteroatoms. The maximum absolute atomic E-state index is 13.1. The summed E-state index contributed by atoms with van der Waals surface area (Å²) in [4.78, 5) is 7.69. The summed E-state index contributed by atoms with van der Waals surface area (Å²) in [5.41, 5.74) is 6.05. The highest BCUT2D eigenvalue weighted by atomic mass is 32.2. The molecule has 1 aromatic heterocycles. The van der Waals surface area contributed by atoms with Crippen LogP contribution in [-0.4, -0.2) is 18.4 Å². The zero-order valence-corrected chi connectivity index (χ0v) is 11.5. The maximum Gasteiger partial charge on any atom is 0.243 e. The van der Waals surface area contributed by atoms with Crippen LogP contribution in [-0.2, 0) is 16.6 Å². The second-order valence-electron chi connectivity index (χ2n) is 4.10. The van der Waals surface area contributed by atoms with Crippen molar-refractivity contribution in [3.63, 3.8) is 0 Å². The SMILES string of the molecule is Cc1nccc(CNS(=O)(=O)c2cc(F)ccc2N)n1. The fraction of sp³-hybridized carbons (Fsp3) is 0.167. The molecular formula is C12H13FN4O2S. The zero-order valence-electron chi connectivity index (χ0n) is 10.7. The van der Waals surface area contributed by atoms with Crippen molar-refractivity contribution in [3.8, 4) is 0 Å². The highest BCUT2D eigenvalue weighted by molar-refractivity contribution is 7.89. The first kappa shape index (κ1) is 14.4. The first-order valence-electron chi connectivity index (χ1n) is 5.72. The molecule has 0 aliphatic heterocycles. The smallest absolute Gasteiger partial charge is 0.243 e. The van der Waals surface area contributed by atoms with Crippen LogP contribution in [0.15, 0.2) is 35.4 Å². The molecule has 0 aliphatic carbocycles. The monoisotopic (exact) mass is 296 g/mol. The number of anilines is 1. The third-order valence-electron chi connectivity index (χ3n) is 2.54. The molecule has 1 heterocycles. The lowest BCUT2D eigenvalue weighted by molar-refractivity contribution is 0.577. The van der Waals surface area contributed by atoms with Crippen LogP contribution in [0.25, 0.3) is 0 Å². The number of nitrogens with one attached hydrogen (secondary N) is 1. The highest BCUT2D eigenvalue weighted by Gasteiger charge is 2.18. The molecule has 0 bridgehead atoms. The fourth-order valence-corrected chi connectivity index (χ4v) is 2.73. The van der Waals surface area contributed by atoms with Gasteiger partial charge in [0.05, 0.1) is 17.9 Å². The van der Waals surface area contributed by atoms with E-state index in [0.717, 1.165) is 12.1 Å². The predicted molar refractivity (Wildman–Crippen MR) is 71.6 cm³/mol. The van der Waals surface area contributed by atoms with Gasteiger partial charge in [-0.05, 0) is 31.2 Å². The van der Waals surface area contributed by atoms with Crippen LogP contribution in [0, 0.1) is 12.7 Å². The van der Waals surface area contributed by atoms with Crippen molar-refractivity contribution in [1.29, 1.82) is 0 Å². The summed E-state index contributed by atoms with van der Waals surface area (Å²) < 4.78 is 39.6. The Morgan fingerprint density at radius 1 is 1.35 bits per heavy atom. The molecule has 0 amide bonds. The molecule has 3 N–H and O–H groups in total. The number of aromatic nitrogens is 2. The number of nitrogens with zero attached hydrogens (tertiary/aromatic N) is 2. The number of rotatable bonds is 4. The first-order valence-corrected chi connectivity index (χ1v) is 7.20. The van der Waals surface area contributed by atoms with Crippen molar-refractivity contribution in [2.24, 2.45) is 0 Å². The molecule has 2 rings (SSSR count). The van der Waals surface area contributed by atoms with Crippen molar-refractivity contribution >= 4 is 15.7 Å². The van der Waals surface area contributed by atoms with Gasteiger partial charge in [-0.25, -0.2) is 27.5 Å². The number of aryl methyl sites for hydroxylation is 1. The topological polar surface area (TPSA) is 98.0 Å². The van der Waals surface area contributed by atoms with E-state index in [1.54, 1.807) is 13.0 Å². The minimum Gasteiger partial charge on any atom is -0.398 e. The van der Waals surface area contributed by atoms with E-state index in [0.29, 0.717) is 11.5 Å². The van der Waals surface area contributed by atoms with E-state index in [4.69, 9.17) is 5.73 Å². The fourth-order valence-electron chi connectivity index (χ4n) is 1.59. The van der Waals surface area contributed by atoms with Gasteiger partial charge < -0.3 is 5.73 Å². The van der Waals surface area contributed by atoms with Gasteiger partial charge in [-0.3, -0.25) is 0 Å². The molecule has 106 valence electrons. The minimum absolute atomic E-state index is 0.0160. The van der Waals surface area contributed by atoms with Gasteiger partial charge in [-0.1, -0.05) is 0 Å². The quantitative estimate of drug-likeness (QED) is 0.820. The molecule has 0 atom stereocenters.